The third-order valence-corrected chi connectivity index (χ3v) is 4.75. The molecule has 1 aromatic heterocycles. The predicted octanol–water partition coefficient (Wildman–Crippen LogP) is 1.95. The molecular formula is C22H21N3O7. The topological polar surface area (TPSA) is 143 Å². The molecule has 32 heavy (non-hydrogen) atoms. The molecule has 0 saturated heterocycles. The van der Waals surface area contributed by atoms with Crippen molar-refractivity contribution < 1.29 is 24.5 Å². The van der Waals surface area contributed by atoms with E-state index in [4.69, 9.17) is 9.47 Å². The molecule has 0 saturated carbocycles. The van der Waals surface area contributed by atoms with Crippen molar-refractivity contribution >= 4 is 17.9 Å². The van der Waals surface area contributed by atoms with E-state index in [1.165, 1.54) is 26.4 Å². The van der Waals surface area contributed by atoms with E-state index in [1.807, 2.05) is 0 Å². The Kier molecular flexibility index (Phi) is 6.74. The van der Waals surface area contributed by atoms with Crippen LogP contribution in [0.1, 0.15) is 21.5 Å². The Balaban J connectivity index is 1.92. The molecule has 0 aliphatic rings. The Morgan fingerprint density at radius 3 is 2.53 bits per heavy atom. The standard InChI is InChI=1S/C22H21N3O7/c1-31-17-8-7-13(11-18(17)32-2)9-10-25-20(27)15(19(26)24-22(25)30)12-23-16-6-4-3-5-14(16)21(28)29/h3-8,11-12,27H,9-10H2,1-2H3,(H,28,29)(H,24,26,30). The van der Waals surface area contributed by atoms with E-state index in [-0.39, 0.29) is 23.4 Å². The van der Waals surface area contributed by atoms with Crippen LogP contribution >= 0.6 is 0 Å². The smallest absolute Gasteiger partial charge is 0.337 e. The molecule has 10 heteroatoms. The van der Waals surface area contributed by atoms with Gasteiger partial charge in [0.2, 0.25) is 5.88 Å². The number of aromatic carboxylic acids is 1. The number of carboxylic acid groups (broad SMARTS) is 1. The van der Waals surface area contributed by atoms with Crippen LogP contribution in [-0.4, -0.2) is 46.2 Å². The minimum atomic E-state index is -1.18. The maximum atomic E-state index is 12.3. The zero-order valence-electron chi connectivity index (χ0n) is 17.4. The average Bonchev–Trinajstić information content (AvgIpc) is 2.78. The van der Waals surface area contributed by atoms with Crippen LogP contribution in [0, 0.1) is 0 Å². The normalized spacial score (nSPS) is 10.9. The molecular weight excluding hydrogens is 418 g/mol. The minimum Gasteiger partial charge on any atom is -0.494 e. The number of para-hydroxylation sites is 1. The van der Waals surface area contributed by atoms with Crippen molar-refractivity contribution in [1.29, 1.82) is 0 Å². The van der Waals surface area contributed by atoms with Gasteiger partial charge in [0.15, 0.2) is 11.5 Å². The SMILES string of the molecule is COc1ccc(CCn2c(O)c(C=Nc3ccccc3C(=O)O)c(=O)[nH]c2=O)cc1OC. The van der Waals surface area contributed by atoms with Crippen molar-refractivity contribution in [3.8, 4) is 17.4 Å². The van der Waals surface area contributed by atoms with Crippen molar-refractivity contribution in [1.82, 2.24) is 9.55 Å². The monoisotopic (exact) mass is 439 g/mol. The number of aryl methyl sites for hydroxylation is 1. The third-order valence-electron chi connectivity index (χ3n) is 4.75. The number of aromatic amines is 1. The molecule has 3 N–H and O–H groups in total. The first kappa shape index (κ1) is 22.3. The second kappa shape index (κ2) is 9.65. The highest BCUT2D eigenvalue weighted by Gasteiger charge is 2.14. The second-order valence-corrected chi connectivity index (χ2v) is 6.67. The van der Waals surface area contributed by atoms with E-state index < -0.39 is 23.1 Å². The summed E-state index contributed by atoms with van der Waals surface area (Å²) in [7, 11) is 3.03. The van der Waals surface area contributed by atoms with Gasteiger partial charge in [-0.05, 0) is 36.2 Å². The van der Waals surface area contributed by atoms with Crippen molar-refractivity contribution in [2.45, 2.75) is 13.0 Å². The van der Waals surface area contributed by atoms with Gasteiger partial charge in [-0.15, -0.1) is 0 Å². The van der Waals surface area contributed by atoms with E-state index in [0.717, 1.165) is 16.3 Å². The van der Waals surface area contributed by atoms with Gasteiger partial charge in [0.1, 0.15) is 5.56 Å². The Bertz CT molecular complexity index is 1290. The van der Waals surface area contributed by atoms with Gasteiger partial charge in [0.25, 0.3) is 5.56 Å². The average molecular weight is 439 g/mol. The zero-order valence-corrected chi connectivity index (χ0v) is 17.4. The van der Waals surface area contributed by atoms with Crippen LogP contribution in [0.15, 0.2) is 57.0 Å². The van der Waals surface area contributed by atoms with Crippen LogP contribution in [0.25, 0.3) is 0 Å². The van der Waals surface area contributed by atoms with E-state index in [2.05, 4.69) is 9.98 Å². The summed E-state index contributed by atoms with van der Waals surface area (Å²) < 4.78 is 11.5. The van der Waals surface area contributed by atoms with Crippen molar-refractivity contribution in [3.63, 3.8) is 0 Å². The van der Waals surface area contributed by atoms with Crippen LogP contribution in [0.2, 0.25) is 0 Å². The van der Waals surface area contributed by atoms with Crippen LogP contribution in [-0.2, 0) is 13.0 Å². The molecule has 2 aromatic carbocycles. The van der Waals surface area contributed by atoms with Crippen LogP contribution in [0.4, 0.5) is 5.69 Å². The number of benzene rings is 2. The molecule has 0 spiro atoms. The van der Waals surface area contributed by atoms with Gasteiger partial charge in [0, 0.05) is 12.8 Å². The fourth-order valence-electron chi connectivity index (χ4n) is 3.08. The number of methoxy groups -OCH3 is 2. The van der Waals surface area contributed by atoms with E-state index >= 15 is 0 Å². The number of hydrogen-bond acceptors (Lipinski definition) is 7. The maximum absolute atomic E-state index is 12.3. The number of carboxylic acids is 1. The van der Waals surface area contributed by atoms with Gasteiger partial charge >= 0.3 is 11.7 Å². The first-order valence-corrected chi connectivity index (χ1v) is 9.49. The number of hydrogen-bond donors (Lipinski definition) is 3. The summed E-state index contributed by atoms with van der Waals surface area (Å²) in [5.41, 5.74) is -1.05. The Morgan fingerprint density at radius 2 is 1.84 bits per heavy atom. The number of ether oxygens (including phenoxy) is 2. The molecule has 1 heterocycles. The van der Waals surface area contributed by atoms with Gasteiger partial charge < -0.3 is 19.7 Å². The molecule has 0 atom stereocenters. The van der Waals surface area contributed by atoms with Crippen LogP contribution in [0.3, 0.4) is 0 Å². The second-order valence-electron chi connectivity index (χ2n) is 6.67. The zero-order chi connectivity index (χ0) is 23.3. The summed E-state index contributed by atoms with van der Waals surface area (Å²) >= 11 is 0. The summed E-state index contributed by atoms with van der Waals surface area (Å²) in [6.07, 6.45) is 1.38. The Morgan fingerprint density at radius 1 is 1.12 bits per heavy atom. The Hall–Kier alpha value is -4.34. The van der Waals surface area contributed by atoms with Gasteiger partial charge in [0.05, 0.1) is 25.5 Å². The predicted molar refractivity (Wildman–Crippen MR) is 117 cm³/mol. The van der Waals surface area contributed by atoms with Crippen LogP contribution in [0.5, 0.6) is 17.4 Å². The largest absolute Gasteiger partial charge is 0.494 e. The number of aromatic hydroxyl groups is 1. The number of rotatable bonds is 8. The van der Waals surface area contributed by atoms with Gasteiger partial charge in [-0.25, -0.2) is 9.59 Å². The number of H-pyrrole nitrogens is 1. The highest BCUT2D eigenvalue weighted by atomic mass is 16.5. The first-order valence-electron chi connectivity index (χ1n) is 9.49. The van der Waals surface area contributed by atoms with E-state index in [0.29, 0.717) is 17.9 Å². The molecule has 0 aliphatic carbocycles. The lowest BCUT2D eigenvalue weighted by Crippen LogP contribution is -2.32. The number of carbonyl (C=O) groups is 1. The summed E-state index contributed by atoms with van der Waals surface area (Å²) in [5, 5.41) is 19.8. The number of aliphatic imine (C=N–C) groups is 1. The molecule has 10 nitrogen and oxygen atoms in total. The van der Waals surface area contributed by atoms with Crippen LogP contribution < -0.4 is 20.7 Å². The first-order chi connectivity index (χ1) is 15.3. The maximum Gasteiger partial charge on any atom is 0.337 e. The van der Waals surface area contributed by atoms with Gasteiger partial charge in [-0.2, -0.15) is 0 Å². The fourth-order valence-corrected chi connectivity index (χ4v) is 3.08. The fraction of sp³-hybridized carbons (Fsp3) is 0.182. The molecule has 3 rings (SSSR count). The third kappa shape index (κ3) is 4.69. The molecule has 0 aliphatic heterocycles. The molecule has 0 radical (unpaired) electrons. The summed E-state index contributed by atoms with van der Waals surface area (Å²) in [6.45, 7) is 0.0590. The minimum absolute atomic E-state index is 0.0590. The quantitative estimate of drug-likeness (QED) is 0.455. The molecule has 0 unspecified atom stereocenters. The van der Waals surface area contributed by atoms with Crippen molar-refractivity contribution in [2.75, 3.05) is 14.2 Å². The highest BCUT2D eigenvalue weighted by molar-refractivity contribution is 5.95. The molecule has 3 aromatic rings. The van der Waals surface area contributed by atoms with Crippen molar-refractivity contribution in [3.05, 3.63) is 80.0 Å². The highest BCUT2D eigenvalue weighted by Crippen LogP contribution is 2.28. The van der Waals surface area contributed by atoms with E-state index in [1.54, 1.807) is 30.3 Å². The molecule has 0 fully saturated rings. The lowest BCUT2D eigenvalue weighted by Gasteiger charge is -2.12. The van der Waals surface area contributed by atoms with Crippen molar-refractivity contribution in [2.24, 2.45) is 4.99 Å². The van der Waals surface area contributed by atoms with Gasteiger partial charge in [-0.1, -0.05) is 18.2 Å². The Labute approximate surface area is 182 Å². The summed E-state index contributed by atoms with van der Waals surface area (Å²) in [5.74, 6) is -0.681. The molecule has 0 bridgehead atoms. The number of nitrogens with one attached hydrogen (secondary N) is 1. The number of aromatic nitrogens is 2. The molecule has 0 amide bonds. The van der Waals surface area contributed by atoms with Gasteiger partial charge in [-0.3, -0.25) is 19.3 Å². The summed E-state index contributed by atoms with van der Waals surface area (Å²) in [6, 6.07) is 11.2. The van der Waals surface area contributed by atoms with E-state index in [9.17, 15) is 24.6 Å². The summed E-state index contributed by atoms with van der Waals surface area (Å²) in [4.78, 5) is 41.9. The molecule has 166 valence electrons. The lowest BCUT2D eigenvalue weighted by molar-refractivity contribution is 0.0698. The lowest BCUT2D eigenvalue weighted by atomic mass is 10.1. The number of nitrogens with zero attached hydrogens (tertiary/aromatic N) is 2.